The largest absolute Gasteiger partial charge is 0.465 e. The highest BCUT2D eigenvalue weighted by Gasteiger charge is 2.40. The molecule has 0 radical (unpaired) electrons. The van der Waals surface area contributed by atoms with Gasteiger partial charge in [-0.1, -0.05) is 13.8 Å². The van der Waals surface area contributed by atoms with Crippen LogP contribution in [0.15, 0.2) is 0 Å². The van der Waals surface area contributed by atoms with Crippen LogP contribution in [0.3, 0.4) is 0 Å². The number of likely N-dealkylation sites (tertiary alicyclic amines) is 1. The zero-order valence-electron chi connectivity index (χ0n) is 11.8. The summed E-state index contributed by atoms with van der Waals surface area (Å²) < 4.78 is 0. The van der Waals surface area contributed by atoms with Crippen LogP contribution in [0.1, 0.15) is 33.1 Å². The molecule has 1 aliphatic heterocycles. The average molecular weight is 286 g/mol. The smallest absolute Gasteiger partial charge is 0.407 e. The number of hydrogen-bond donors (Lipinski definition) is 3. The van der Waals surface area contributed by atoms with Gasteiger partial charge < -0.3 is 25.2 Å². The average Bonchev–Trinajstić information content (AvgIpc) is 2.98. The Morgan fingerprint density at radius 1 is 1.30 bits per heavy atom. The van der Waals surface area contributed by atoms with Crippen LogP contribution < -0.4 is 5.32 Å². The molecule has 0 aromatic rings. The van der Waals surface area contributed by atoms with Gasteiger partial charge in [0.2, 0.25) is 0 Å². The summed E-state index contributed by atoms with van der Waals surface area (Å²) in [5.41, 5.74) is 0. The molecule has 2 bridgehead atoms. The Balaban J connectivity index is 0.000000200. The Labute approximate surface area is 117 Å². The Morgan fingerprint density at radius 2 is 1.95 bits per heavy atom. The lowest BCUT2D eigenvalue weighted by Gasteiger charge is -2.23. The van der Waals surface area contributed by atoms with Crippen LogP contribution >= 0.6 is 0 Å². The van der Waals surface area contributed by atoms with E-state index in [1.54, 1.807) is 18.7 Å². The summed E-state index contributed by atoms with van der Waals surface area (Å²) in [6, 6.07) is -0.222. The first-order chi connectivity index (χ1) is 9.35. The summed E-state index contributed by atoms with van der Waals surface area (Å²) in [6.45, 7) is 4.34. The van der Waals surface area contributed by atoms with E-state index in [0.29, 0.717) is 18.2 Å². The first-order valence-electron chi connectivity index (χ1n) is 6.79. The summed E-state index contributed by atoms with van der Waals surface area (Å²) in [4.78, 5) is 32.3. The Bertz CT molecular complexity index is 372. The summed E-state index contributed by atoms with van der Waals surface area (Å²) in [6.07, 6.45) is 2.16. The molecule has 114 valence electrons. The molecule has 0 spiro atoms. The van der Waals surface area contributed by atoms with E-state index < -0.39 is 18.2 Å². The number of nitrogens with zero attached hydrogens (tertiary/aromatic N) is 1. The quantitative estimate of drug-likeness (QED) is 0.683. The second-order valence-electron chi connectivity index (χ2n) is 5.62. The van der Waals surface area contributed by atoms with E-state index in [1.807, 2.05) is 0 Å². The number of piperidine rings is 1. The van der Waals surface area contributed by atoms with E-state index in [4.69, 9.17) is 10.2 Å². The van der Waals surface area contributed by atoms with Crippen molar-refractivity contribution < 1.29 is 24.6 Å². The van der Waals surface area contributed by atoms with Crippen molar-refractivity contribution in [1.29, 1.82) is 0 Å². The maximum absolute atomic E-state index is 10.5. The summed E-state index contributed by atoms with van der Waals surface area (Å²) in [5, 5.41) is 18.9. The fraction of sp³-hybridized carbons (Fsp3) is 0.769. The molecule has 3 N–H and O–H groups in total. The molecule has 7 heteroatoms. The Morgan fingerprint density at radius 3 is 2.15 bits per heavy atom. The first kappa shape index (κ1) is 16.3. The van der Waals surface area contributed by atoms with Crippen LogP contribution in [0, 0.1) is 11.8 Å². The molecule has 3 unspecified atom stereocenters. The number of nitrogens with one attached hydrogen (secondary N) is 1. The van der Waals surface area contributed by atoms with E-state index in [2.05, 4.69) is 5.32 Å². The van der Waals surface area contributed by atoms with Crippen molar-refractivity contribution in [3.8, 4) is 0 Å². The third kappa shape index (κ3) is 4.40. The predicted molar refractivity (Wildman–Crippen MR) is 71.7 cm³/mol. The molecule has 0 aromatic heterocycles. The highest BCUT2D eigenvalue weighted by molar-refractivity contribution is 5.71. The summed E-state index contributed by atoms with van der Waals surface area (Å²) in [5.74, 6) is 0.690. The standard InChI is InChI=1S/C7H11NO2.C6H11NO3/c9-7(10)8-4-5-1-2-6(8)3-5;1-4(2)5(3-8)7-6(9)10/h5-6H,1-4H2,(H,9,10);3-5,7H,1-2H3,(H,9,10). The SMILES string of the molecule is CC(C)C(C=O)NC(=O)O.O=C(O)N1CC2CCC1C2. The molecular weight excluding hydrogens is 264 g/mol. The van der Waals surface area contributed by atoms with Crippen LogP contribution in [0.2, 0.25) is 0 Å². The minimum absolute atomic E-state index is 0.00796. The van der Waals surface area contributed by atoms with Gasteiger partial charge >= 0.3 is 12.2 Å². The number of hydrogen-bond acceptors (Lipinski definition) is 3. The third-order valence-electron chi connectivity index (χ3n) is 3.81. The molecule has 1 aliphatic carbocycles. The van der Waals surface area contributed by atoms with Crippen molar-refractivity contribution in [3.05, 3.63) is 0 Å². The highest BCUT2D eigenvalue weighted by Crippen LogP contribution is 2.37. The molecule has 0 aromatic carbocycles. The van der Waals surface area contributed by atoms with Crippen LogP contribution in [0.4, 0.5) is 9.59 Å². The van der Waals surface area contributed by atoms with Crippen LogP contribution in [0.5, 0.6) is 0 Å². The van der Waals surface area contributed by atoms with Gasteiger partial charge in [0.05, 0.1) is 6.04 Å². The van der Waals surface area contributed by atoms with Gasteiger partial charge in [-0.05, 0) is 31.1 Å². The minimum atomic E-state index is -1.16. The Kier molecular flexibility index (Phi) is 5.79. The molecule has 2 amide bonds. The van der Waals surface area contributed by atoms with Crippen molar-refractivity contribution in [1.82, 2.24) is 10.2 Å². The van der Waals surface area contributed by atoms with Crippen molar-refractivity contribution in [2.75, 3.05) is 6.54 Å². The monoisotopic (exact) mass is 286 g/mol. The molecule has 2 fully saturated rings. The van der Waals surface area contributed by atoms with Crippen LogP contribution in [-0.4, -0.2) is 52.2 Å². The molecule has 2 aliphatic rings. The zero-order chi connectivity index (χ0) is 15.3. The van der Waals surface area contributed by atoms with Crippen LogP contribution in [-0.2, 0) is 4.79 Å². The van der Waals surface area contributed by atoms with Gasteiger partial charge in [0.1, 0.15) is 6.29 Å². The lowest BCUT2D eigenvalue weighted by molar-refractivity contribution is -0.110. The van der Waals surface area contributed by atoms with Gasteiger partial charge in [0, 0.05) is 12.6 Å². The second-order valence-corrected chi connectivity index (χ2v) is 5.62. The van der Waals surface area contributed by atoms with Gasteiger partial charge in [0.25, 0.3) is 0 Å². The third-order valence-corrected chi connectivity index (χ3v) is 3.81. The second kappa shape index (κ2) is 7.12. The Hall–Kier alpha value is -1.79. The van der Waals surface area contributed by atoms with Gasteiger partial charge in [-0.25, -0.2) is 9.59 Å². The topological polar surface area (TPSA) is 107 Å². The molecule has 7 nitrogen and oxygen atoms in total. The van der Waals surface area contributed by atoms with Crippen molar-refractivity contribution >= 4 is 18.5 Å². The molecule has 1 saturated heterocycles. The maximum atomic E-state index is 10.5. The zero-order valence-corrected chi connectivity index (χ0v) is 11.8. The number of rotatable bonds is 3. The van der Waals surface area contributed by atoms with E-state index in [0.717, 1.165) is 19.4 Å². The number of fused-ring (bicyclic) bond motifs is 2. The lowest BCUT2D eigenvalue weighted by Crippen LogP contribution is -2.38. The van der Waals surface area contributed by atoms with Crippen LogP contribution in [0.25, 0.3) is 0 Å². The number of amides is 2. The van der Waals surface area contributed by atoms with Gasteiger partial charge in [0.15, 0.2) is 0 Å². The number of aldehydes is 1. The minimum Gasteiger partial charge on any atom is -0.465 e. The molecule has 1 heterocycles. The van der Waals surface area contributed by atoms with E-state index >= 15 is 0 Å². The first-order valence-corrected chi connectivity index (χ1v) is 6.79. The summed E-state index contributed by atoms with van der Waals surface area (Å²) >= 11 is 0. The fourth-order valence-corrected chi connectivity index (χ4v) is 2.66. The molecule has 3 atom stereocenters. The van der Waals surface area contributed by atoms with E-state index in [1.165, 1.54) is 6.42 Å². The van der Waals surface area contributed by atoms with E-state index in [-0.39, 0.29) is 5.92 Å². The lowest BCUT2D eigenvalue weighted by atomic mass is 10.1. The molecule has 20 heavy (non-hydrogen) atoms. The summed E-state index contributed by atoms with van der Waals surface area (Å²) in [7, 11) is 0. The van der Waals surface area contributed by atoms with Gasteiger partial charge in [-0.15, -0.1) is 0 Å². The maximum Gasteiger partial charge on any atom is 0.407 e. The predicted octanol–water partition coefficient (Wildman–Crippen LogP) is 1.63. The van der Waals surface area contributed by atoms with Crippen molar-refractivity contribution in [2.45, 2.75) is 45.2 Å². The number of carbonyl (C=O) groups is 3. The normalized spacial score (nSPS) is 24.9. The highest BCUT2D eigenvalue weighted by atomic mass is 16.4. The van der Waals surface area contributed by atoms with Gasteiger partial charge in [-0.3, -0.25) is 0 Å². The van der Waals surface area contributed by atoms with E-state index in [9.17, 15) is 14.4 Å². The number of carboxylic acid groups (broad SMARTS) is 2. The van der Waals surface area contributed by atoms with Gasteiger partial charge in [-0.2, -0.15) is 0 Å². The number of carbonyl (C=O) groups excluding carboxylic acids is 1. The molecule has 1 saturated carbocycles. The molecule has 2 rings (SSSR count). The molecular formula is C13H22N2O5. The fourth-order valence-electron chi connectivity index (χ4n) is 2.66. The van der Waals surface area contributed by atoms with Crippen molar-refractivity contribution in [3.63, 3.8) is 0 Å². The van der Waals surface area contributed by atoms with Crippen molar-refractivity contribution in [2.24, 2.45) is 11.8 Å².